The van der Waals surface area contributed by atoms with E-state index in [1.807, 2.05) is 25.1 Å². The van der Waals surface area contributed by atoms with E-state index < -0.39 is 0 Å². The maximum absolute atomic E-state index is 13.2. The molecule has 0 radical (unpaired) electrons. The van der Waals surface area contributed by atoms with Crippen LogP contribution in [0.5, 0.6) is 0 Å². The highest BCUT2D eigenvalue weighted by atomic mass is 19.1. The first-order valence-electron chi connectivity index (χ1n) is 4.65. The van der Waals surface area contributed by atoms with Crippen LogP contribution >= 0.6 is 0 Å². The molecule has 1 aromatic carbocycles. The average molecular weight is 205 g/mol. The van der Waals surface area contributed by atoms with Crippen LogP contribution in [0.25, 0.3) is 0 Å². The lowest BCUT2D eigenvalue weighted by Gasteiger charge is -2.03. The number of hydrogen-bond acceptors (Lipinski definition) is 2. The molecule has 0 aromatic heterocycles. The molecule has 78 valence electrons. The molecule has 1 rings (SSSR count). The summed E-state index contributed by atoms with van der Waals surface area (Å²) in [5.41, 5.74) is 0.861. The SMILES string of the molecule is CC=CCOCc1cc(C#N)ccc1F. The Labute approximate surface area is 88.6 Å². The normalized spacial score (nSPS) is 10.5. The highest BCUT2D eigenvalue weighted by molar-refractivity contribution is 5.33. The van der Waals surface area contributed by atoms with Crippen molar-refractivity contribution in [1.29, 1.82) is 5.26 Å². The van der Waals surface area contributed by atoms with E-state index >= 15 is 0 Å². The minimum atomic E-state index is -0.338. The molecule has 0 saturated carbocycles. The van der Waals surface area contributed by atoms with Gasteiger partial charge in [0.2, 0.25) is 0 Å². The Kier molecular flexibility index (Phi) is 4.52. The van der Waals surface area contributed by atoms with Crippen LogP contribution in [0, 0.1) is 17.1 Å². The highest BCUT2D eigenvalue weighted by Crippen LogP contribution is 2.11. The van der Waals surface area contributed by atoms with E-state index in [2.05, 4.69) is 0 Å². The monoisotopic (exact) mass is 205 g/mol. The standard InChI is InChI=1S/C12H12FNO/c1-2-3-6-15-9-11-7-10(8-14)4-5-12(11)13/h2-5,7H,6,9H2,1H3. The van der Waals surface area contributed by atoms with E-state index in [1.165, 1.54) is 18.2 Å². The number of nitriles is 1. The van der Waals surface area contributed by atoms with Crippen molar-refractivity contribution in [2.45, 2.75) is 13.5 Å². The number of benzene rings is 1. The van der Waals surface area contributed by atoms with Gasteiger partial charge in [-0.3, -0.25) is 0 Å². The summed E-state index contributed by atoms with van der Waals surface area (Å²) in [6.07, 6.45) is 3.70. The molecular weight excluding hydrogens is 193 g/mol. The first-order chi connectivity index (χ1) is 7.27. The fourth-order valence-corrected chi connectivity index (χ4v) is 1.09. The number of ether oxygens (including phenoxy) is 1. The summed E-state index contributed by atoms with van der Waals surface area (Å²) in [5.74, 6) is -0.338. The quantitative estimate of drug-likeness (QED) is 0.559. The van der Waals surface area contributed by atoms with Crippen LogP contribution in [0.2, 0.25) is 0 Å². The first-order valence-corrected chi connectivity index (χ1v) is 4.65. The van der Waals surface area contributed by atoms with Crippen LogP contribution in [0.15, 0.2) is 30.4 Å². The van der Waals surface area contributed by atoms with Gasteiger partial charge in [0.05, 0.1) is 24.8 Å². The second-order valence-electron chi connectivity index (χ2n) is 3.00. The molecule has 0 aliphatic carbocycles. The van der Waals surface area contributed by atoms with Crippen LogP contribution in [-0.4, -0.2) is 6.61 Å². The molecule has 0 saturated heterocycles. The van der Waals surface area contributed by atoms with Crippen LogP contribution in [0.1, 0.15) is 18.1 Å². The van der Waals surface area contributed by atoms with Crippen LogP contribution in [0.4, 0.5) is 4.39 Å². The molecule has 0 N–H and O–H groups in total. The summed E-state index contributed by atoms with van der Waals surface area (Å²) >= 11 is 0. The Balaban J connectivity index is 2.63. The van der Waals surface area contributed by atoms with E-state index in [4.69, 9.17) is 10.00 Å². The lowest BCUT2D eigenvalue weighted by molar-refractivity contribution is 0.146. The van der Waals surface area contributed by atoms with Gasteiger partial charge in [0, 0.05) is 5.56 Å². The molecular formula is C12H12FNO. The van der Waals surface area contributed by atoms with Gasteiger partial charge in [-0.25, -0.2) is 4.39 Å². The minimum Gasteiger partial charge on any atom is -0.373 e. The average Bonchev–Trinajstić information content (AvgIpc) is 2.26. The van der Waals surface area contributed by atoms with Gasteiger partial charge in [-0.2, -0.15) is 5.26 Å². The van der Waals surface area contributed by atoms with E-state index in [0.717, 1.165) is 0 Å². The van der Waals surface area contributed by atoms with E-state index in [1.54, 1.807) is 0 Å². The zero-order chi connectivity index (χ0) is 11.1. The van der Waals surface area contributed by atoms with Gasteiger partial charge < -0.3 is 4.74 Å². The van der Waals surface area contributed by atoms with Crippen molar-refractivity contribution >= 4 is 0 Å². The van der Waals surface area contributed by atoms with Gasteiger partial charge in [-0.05, 0) is 25.1 Å². The Hall–Kier alpha value is -1.66. The number of hydrogen-bond donors (Lipinski definition) is 0. The summed E-state index contributed by atoms with van der Waals surface area (Å²) in [6.45, 7) is 2.53. The summed E-state index contributed by atoms with van der Waals surface area (Å²) < 4.78 is 18.4. The van der Waals surface area contributed by atoms with Crippen molar-refractivity contribution in [3.63, 3.8) is 0 Å². The Morgan fingerprint density at radius 2 is 2.33 bits per heavy atom. The fourth-order valence-electron chi connectivity index (χ4n) is 1.09. The predicted octanol–water partition coefficient (Wildman–Crippen LogP) is 2.79. The molecule has 0 aliphatic rings. The molecule has 0 amide bonds. The summed E-state index contributed by atoms with van der Waals surface area (Å²) in [6, 6.07) is 6.20. The van der Waals surface area contributed by atoms with Gasteiger partial charge in [-0.15, -0.1) is 0 Å². The predicted molar refractivity (Wildman–Crippen MR) is 55.6 cm³/mol. The van der Waals surface area contributed by atoms with Crippen LogP contribution in [0.3, 0.4) is 0 Å². The zero-order valence-corrected chi connectivity index (χ0v) is 8.53. The van der Waals surface area contributed by atoms with Crippen molar-refractivity contribution in [1.82, 2.24) is 0 Å². The minimum absolute atomic E-state index is 0.186. The summed E-state index contributed by atoms with van der Waals surface area (Å²) in [5, 5.41) is 8.64. The zero-order valence-electron chi connectivity index (χ0n) is 8.53. The number of rotatable bonds is 4. The molecule has 0 fully saturated rings. The molecule has 1 aromatic rings. The Bertz CT molecular complexity index is 393. The lowest BCUT2D eigenvalue weighted by Crippen LogP contribution is -1.96. The smallest absolute Gasteiger partial charge is 0.128 e. The third kappa shape index (κ3) is 3.53. The van der Waals surface area contributed by atoms with Crippen molar-refractivity contribution in [3.05, 3.63) is 47.3 Å². The molecule has 0 unspecified atom stereocenters. The second-order valence-corrected chi connectivity index (χ2v) is 3.00. The van der Waals surface area contributed by atoms with Gasteiger partial charge >= 0.3 is 0 Å². The van der Waals surface area contributed by atoms with Gasteiger partial charge in [-0.1, -0.05) is 12.2 Å². The topological polar surface area (TPSA) is 33.0 Å². The summed E-state index contributed by atoms with van der Waals surface area (Å²) in [7, 11) is 0. The maximum Gasteiger partial charge on any atom is 0.128 e. The van der Waals surface area contributed by atoms with Crippen molar-refractivity contribution in [2.75, 3.05) is 6.61 Å². The molecule has 0 spiro atoms. The van der Waals surface area contributed by atoms with Crippen LogP contribution < -0.4 is 0 Å². The van der Waals surface area contributed by atoms with E-state index in [-0.39, 0.29) is 12.4 Å². The van der Waals surface area contributed by atoms with Gasteiger partial charge in [0.15, 0.2) is 0 Å². The fraction of sp³-hybridized carbons (Fsp3) is 0.250. The molecule has 15 heavy (non-hydrogen) atoms. The van der Waals surface area contributed by atoms with Crippen molar-refractivity contribution in [2.24, 2.45) is 0 Å². The first kappa shape index (κ1) is 11.4. The van der Waals surface area contributed by atoms with Crippen LogP contribution in [-0.2, 0) is 11.3 Å². The molecule has 0 aliphatic heterocycles. The summed E-state index contributed by atoms with van der Waals surface area (Å²) in [4.78, 5) is 0. The van der Waals surface area contributed by atoms with E-state index in [9.17, 15) is 4.39 Å². The molecule has 0 atom stereocenters. The number of halogens is 1. The number of allylic oxidation sites excluding steroid dienone is 1. The third-order valence-corrected chi connectivity index (χ3v) is 1.88. The second kappa shape index (κ2) is 5.94. The van der Waals surface area contributed by atoms with Crippen molar-refractivity contribution in [3.8, 4) is 6.07 Å². The van der Waals surface area contributed by atoms with Crippen molar-refractivity contribution < 1.29 is 9.13 Å². The van der Waals surface area contributed by atoms with Gasteiger partial charge in [0.1, 0.15) is 5.82 Å². The Morgan fingerprint density at radius 1 is 1.53 bits per heavy atom. The Morgan fingerprint density at radius 3 is 3.00 bits per heavy atom. The molecule has 3 heteroatoms. The molecule has 0 bridgehead atoms. The largest absolute Gasteiger partial charge is 0.373 e. The highest BCUT2D eigenvalue weighted by Gasteiger charge is 2.02. The maximum atomic E-state index is 13.2. The third-order valence-electron chi connectivity index (χ3n) is 1.88. The van der Waals surface area contributed by atoms with Gasteiger partial charge in [0.25, 0.3) is 0 Å². The molecule has 2 nitrogen and oxygen atoms in total. The van der Waals surface area contributed by atoms with E-state index in [0.29, 0.717) is 17.7 Å². The molecule has 0 heterocycles. The number of nitrogens with zero attached hydrogens (tertiary/aromatic N) is 1. The lowest BCUT2D eigenvalue weighted by atomic mass is 10.1.